The second-order valence-electron chi connectivity index (χ2n) is 13.4. The fourth-order valence-electron chi connectivity index (χ4n) is 6.98. The molecule has 0 radical (unpaired) electrons. The highest BCUT2D eigenvalue weighted by Crippen LogP contribution is 2.53. The number of ether oxygens (including phenoxy) is 1. The van der Waals surface area contributed by atoms with Crippen molar-refractivity contribution in [2.24, 2.45) is 18.4 Å². The summed E-state index contributed by atoms with van der Waals surface area (Å²) in [6.45, 7) is 13.8. The van der Waals surface area contributed by atoms with Crippen LogP contribution in [-0.2, 0) is 19.9 Å². The molecule has 40 heavy (non-hydrogen) atoms. The highest BCUT2D eigenvalue weighted by Gasteiger charge is 2.34. The van der Waals surface area contributed by atoms with Gasteiger partial charge in [-0.05, 0) is 80.6 Å². The summed E-state index contributed by atoms with van der Waals surface area (Å²) in [7, 11) is 2.18. The van der Waals surface area contributed by atoms with Gasteiger partial charge in [-0.2, -0.15) is 0 Å². The van der Waals surface area contributed by atoms with Crippen LogP contribution in [0.3, 0.4) is 0 Å². The Morgan fingerprint density at radius 3 is 2.35 bits per heavy atom. The summed E-state index contributed by atoms with van der Waals surface area (Å²) in [6, 6.07) is 24.9. The smallest absolute Gasteiger partial charge is 0.228 e. The summed E-state index contributed by atoms with van der Waals surface area (Å²) < 4.78 is 9.43. The number of nitrogens with zero attached hydrogens (tertiary/aromatic N) is 1. The maximum Gasteiger partial charge on any atom is 0.228 e. The Labute approximate surface area is 237 Å². The largest absolute Gasteiger partial charge is 0.455 e. The molecule has 2 heterocycles. The van der Waals surface area contributed by atoms with Gasteiger partial charge in [0, 0.05) is 17.0 Å². The zero-order valence-corrected chi connectivity index (χ0v) is 24.8. The maximum atomic E-state index is 7.14. The predicted molar refractivity (Wildman–Crippen MR) is 170 cm³/mol. The fraction of sp³-hybridized carbons (Fsp3) is 0.289. The van der Waals surface area contributed by atoms with E-state index in [1.54, 1.807) is 0 Å². The van der Waals surface area contributed by atoms with Gasteiger partial charge in [0.15, 0.2) is 6.20 Å². The van der Waals surface area contributed by atoms with Crippen LogP contribution in [0.1, 0.15) is 51.3 Å². The van der Waals surface area contributed by atoms with Crippen LogP contribution in [0, 0.1) is 18.3 Å². The van der Waals surface area contributed by atoms with Crippen molar-refractivity contribution < 1.29 is 9.30 Å². The minimum Gasteiger partial charge on any atom is -0.455 e. The lowest BCUT2D eigenvalue weighted by molar-refractivity contribution is -0.659. The van der Waals surface area contributed by atoms with E-state index in [0.717, 1.165) is 24.3 Å². The Bertz CT molecular complexity index is 2010. The van der Waals surface area contributed by atoms with E-state index in [4.69, 9.17) is 4.74 Å². The van der Waals surface area contributed by atoms with Crippen molar-refractivity contribution >= 4 is 43.1 Å². The number of aromatic nitrogens is 1. The number of hydrogen-bond acceptors (Lipinski definition) is 1. The van der Waals surface area contributed by atoms with Crippen molar-refractivity contribution in [3.63, 3.8) is 0 Å². The molecule has 0 saturated carbocycles. The second-order valence-corrected chi connectivity index (χ2v) is 13.4. The van der Waals surface area contributed by atoms with E-state index in [9.17, 15) is 0 Å². The number of pyridine rings is 1. The van der Waals surface area contributed by atoms with Crippen LogP contribution < -0.4 is 9.30 Å². The van der Waals surface area contributed by atoms with Crippen LogP contribution in [0.5, 0.6) is 11.5 Å². The van der Waals surface area contributed by atoms with Crippen LogP contribution in [0.2, 0.25) is 0 Å². The van der Waals surface area contributed by atoms with E-state index in [2.05, 4.69) is 126 Å². The Kier molecular flexibility index (Phi) is 5.52. The molecule has 0 bridgehead atoms. The molecule has 200 valence electrons. The standard InChI is InChI=1S/C38H38NO/c1-22(2)18-24-12-14-28-26(19-24)20-32-35-30(28)16-17-39(7)36(35)33-23(3)27-15-13-25-10-8-9-11-29(25)34(27)31(37(33)40-32)21-38(4,5)6/h8-17,19-20,22H,18,21H2,1-7H3/q+1. The first-order valence-corrected chi connectivity index (χ1v) is 14.6. The second kappa shape index (κ2) is 8.80. The maximum absolute atomic E-state index is 7.14. The molecule has 0 spiro atoms. The van der Waals surface area contributed by atoms with Crippen molar-refractivity contribution in [2.75, 3.05) is 0 Å². The molecule has 5 aromatic carbocycles. The molecule has 1 aromatic heterocycles. The number of benzene rings is 5. The van der Waals surface area contributed by atoms with Crippen LogP contribution >= 0.6 is 0 Å². The SMILES string of the molecule is Cc1c2c(c(CC(C)(C)C)c3c1ccc1ccccc13)Oc1cc3cc(CC(C)C)ccc3c3cc[n+](C)c-2c13. The molecule has 0 atom stereocenters. The quantitative estimate of drug-likeness (QED) is 0.166. The summed E-state index contributed by atoms with van der Waals surface area (Å²) >= 11 is 0. The van der Waals surface area contributed by atoms with Crippen LogP contribution in [0.25, 0.3) is 54.3 Å². The molecule has 1 aliphatic heterocycles. The molecule has 7 rings (SSSR count). The third-order valence-corrected chi connectivity index (χ3v) is 8.57. The van der Waals surface area contributed by atoms with Gasteiger partial charge in [-0.1, -0.05) is 89.2 Å². The minimum atomic E-state index is 0.0971. The number of aryl methyl sites for hydroxylation is 2. The van der Waals surface area contributed by atoms with E-state index >= 15 is 0 Å². The summed E-state index contributed by atoms with van der Waals surface area (Å²) in [5.41, 5.74) is 6.57. The van der Waals surface area contributed by atoms with Crippen molar-refractivity contribution in [3.05, 3.63) is 89.6 Å². The normalized spacial score (nSPS) is 13.0. The van der Waals surface area contributed by atoms with E-state index in [1.165, 1.54) is 71.0 Å². The predicted octanol–water partition coefficient (Wildman–Crippen LogP) is 9.99. The first kappa shape index (κ1) is 25.1. The van der Waals surface area contributed by atoms with E-state index in [0.29, 0.717) is 5.92 Å². The molecule has 2 nitrogen and oxygen atoms in total. The lowest BCUT2D eigenvalue weighted by atomic mass is 9.80. The Morgan fingerprint density at radius 2 is 1.57 bits per heavy atom. The third kappa shape index (κ3) is 3.80. The lowest BCUT2D eigenvalue weighted by Crippen LogP contribution is -2.32. The highest BCUT2D eigenvalue weighted by atomic mass is 16.5. The highest BCUT2D eigenvalue weighted by molar-refractivity contribution is 6.18. The number of hydrogen-bond donors (Lipinski definition) is 0. The molecule has 0 unspecified atom stereocenters. The molecule has 0 aliphatic carbocycles. The summed E-state index contributed by atoms with van der Waals surface area (Å²) in [6.07, 6.45) is 4.24. The molecule has 0 saturated heterocycles. The van der Waals surface area contributed by atoms with Gasteiger partial charge < -0.3 is 4.74 Å². The summed E-state index contributed by atoms with van der Waals surface area (Å²) in [5.74, 6) is 2.62. The van der Waals surface area contributed by atoms with Crippen LogP contribution in [-0.4, -0.2) is 0 Å². The summed E-state index contributed by atoms with van der Waals surface area (Å²) in [5, 5.41) is 10.3. The summed E-state index contributed by atoms with van der Waals surface area (Å²) in [4.78, 5) is 0. The first-order chi connectivity index (χ1) is 19.1. The van der Waals surface area contributed by atoms with E-state index < -0.39 is 0 Å². The fourth-order valence-corrected chi connectivity index (χ4v) is 6.98. The zero-order chi connectivity index (χ0) is 27.9. The first-order valence-electron chi connectivity index (χ1n) is 14.6. The molecule has 0 amide bonds. The van der Waals surface area contributed by atoms with Gasteiger partial charge in [-0.25, -0.2) is 4.57 Å². The third-order valence-electron chi connectivity index (χ3n) is 8.57. The van der Waals surface area contributed by atoms with E-state index in [-0.39, 0.29) is 5.41 Å². The van der Waals surface area contributed by atoms with Crippen molar-refractivity contribution in [1.82, 2.24) is 0 Å². The lowest BCUT2D eigenvalue weighted by Gasteiger charge is -2.29. The topological polar surface area (TPSA) is 13.1 Å². The molecule has 0 N–H and O–H groups in total. The zero-order valence-electron chi connectivity index (χ0n) is 24.8. The van der Waals surface area contributed by atoms with Gasteiger partial charge in [0.1, 0.15) is 18.5 Å². The van der Waals surface area contributed by atoms with Gasteiger partial charge >= 0.3 is 0 Å². The van der Waals surface area contributed by atoms with Crippen molar-refractivity contribution in [2.45, 2.75) is 54.4 Å². The molecule has 1 aliphatic rings. The average Bonchev–Trinajstić information content (AvgIpc) is 2.90. The van der Waals surface area contributed by atoms with E-state index in [1.807, 2.05) is 0 Å². The van der Waals surface area contributed by atoms with Gasteiger partial charge in [-0.3, -0.25) is 0 Å². The number of fused-ring (bicyclic) bond motifs is 7. The van der Waals surface area contributed by atoms with Gasteiger partial charge in [-0.15, -0.1) is 0 Å². The Morgan fingerprint density at radius 1 is 0.800 bits per heavy atom. The number of rotatable bonds is 3. The van der Waals surface area contributed by atoms with Gasteiger partial charge in [0.2, 0.25) is 5.69 Å². The molecular formula is C38H38NO+. The van der Waals surface area contributed by atoms with Gasteiger partial charge in [0.05, 0.1) is 10.9 Å². The monoisotopic (exact) mass is 524 g/mol. The van der Waals surface area contributed by atoms with Crippen LogP contribution in [0.4, 0.5) is 0 Å². The molecule has 0 fully saturated rings. The van der Waals surface area contributed by atoms with Crippen LogP contribution in [0.15, 0.2) is 72.9 Å². The Balaban J connectivity index is 1.63. The van der Waals surface area contributed by atoms with Gasteiger partial charge in [0.25, 0.3) is 0 Å². The minimum absolute atomic E-state index is 0.0971. The molecular weight excluding hydrogens is 486 g/mol. The van der Waals surface area contributed by atoms with Crippen molar-refractivity contribution in [1.29, 1.82) is 0 Å². The molecule has 2 heteroatoms. The average molecular weight is 525 g/mol. The Hall–Kier alpha value is -3.91. The molecule has 6 aromatic rings. The van der Waals surface area contributed by atoms with Crippen molar-refractivity contribution in [3.8, 4) is 22.8 Å².